The summed E-state index contributed by atoms with van der Waals surface area (Å²) in [6.45, 7) is 14.4. The summed E-state index contributed by atoms with van der Waals surface area (Å²) in [5.74, 6) is 1.62. The van der Waals surface area contributed by atoms with Gasteiger partial charge in [-0.3, -0.25) is 9.59 Å². The van der Waals surface area contributed by atoms with E-state index in [0.717, 1.165) is 104 Å². The van der Waals surface area contributed by atoms with E-state index >= 15 is 0 Å². The number of para-hydroxylation sites is 1. The van der Waals surface area contributed by atoms with Crippen molar-refractivity contribution in [3.8, 4) is 39.2 Å². The molecule has 4 aliphatic heterocycles. The summed E-state index contributed by atoms with van der Waals surface area (Å²) < 4.78 is 18.4. The van der Waals surface area contributed by atoms with Crippen LogP contribution in [0.5, 0.6) is 17.5 Å². The van der Waals surface area contributed by atoms with Gasteiger partial charge in [-0.1, -0.05) is 50.2 Å². The number of aromatic nitrogens is 5. The van der Waals surface area contributed by atoms with Gasteiger partial charge in [-0.2, -0.15) is 0 Å². The molecule has 412 valence electrons. The van der Waals surface area contributed by atoms with Crippen LogP contribution in [0.1, 0.15) is 108 Å². The highest BCUT2D eigenvalue weighted by molar-refractivity contribution is 7.13. The fraction of sp³-hybridized carbons (Fsp3) is 0.508. The smallest absolute Gasteiger partial charge is 0.254 e. The van der Waals surface area contributed by atoms with Gasteiger partial charge in [0, 0.05) is 80.3 Å². The molecule has 0 radical (unpaired) electrons. The first kappa shape index (κ1) is 53.2. The molecule has 11 rings (SSSR count). The van der Waals surface area contributed by atoms with Gasteiger partial charge < -0.3 is 54.9 Å². The summed E-state index contributed by atoms with van der Waals surface area (Å²) >= 11 is 1.60. The van der Waals surface area contributed by atoms with Crippen LogP contribution in [0.3, 0.4) is 0 Å². The molecule has 19 heteroatoms. The Kier molecular flexibility index (Phi) is 15.6. The molecule has 18 nitrogen and oxygen atoms in total. The number of carbonyl (C=O) groups is 2. The maximum atomic E-state index is 14.3. The number of nitrogen functional groups attached to an aromatic ring is 1. The molecule has 2 bridgehead atoms. The van der Waals surface area contributed by atoms with Gasteiger partial charge in [0.1, 0.15) is 23.8 Å². The number of anilines is 3. The van der Waals surface area contributed by atoms with Crippen molar-refractivity contribution in [1.29, 1.82) is 0 Å². The fourth-order valence-electron chi connectivity index (χ4n) is 12.8. The van der Waals surface area contributed by atoms with Gasteiger partial charge in [0.05, 0.1) is 46.2 Å². The number of benzene rings is 2. The molecule has 2 unspecified atom stereocenters. The summed E-state index contributed by atoms with van der Waals surface area (Å²) in [6, 6.07) is 23.0. The number of aliphatic hydroxyl groups excluding tert-OH is 1. The molecule has 8 heterocycles. The number of thiazole rings is 1. The van der Waals surface area contributed by atoms with Crippen LogP contribution < -0.4 is 30.3 Å². The van der Waals surface area contributed by atoms with Gasteiger partial charge in [0.2, 0.25) is 17.7 Å². The van der Waals surface area contributed by atoms with Crippen molar-refractivity contribution >= 4 is 40.3 Å². The Morgan fingerprint density at radius 2 is 1.69 bits per heavy atom. The van der Waals surface area contributed by atoms with Crippen LogP contribution in [0.25, 0.3) is 21.7 Å². The Hall–Kier alpha value is -6.83. The zero-order valence-corrected chi connectivity index (χ0v) is 46.1. The molecule has 0 spiro atoms. The van der Waals surface area contributed by atoms with E-state index in [2.05, 4.69) is 64.4 Å². The molecule has 1 aliphatic carbocycles. The molecule has 4 aromatic heterocycles. The number of phenols is 1. The minimum atomic E-state index is -0.821. The third kappa shape index (κ3) is 11.4. The Morgan fingerprint density at radius 1 is 0.910 bits per heavy atom. The zero-order valence-electron chi connectivity index (χ0n) is 45.3. The lowest BCUT2D eigenvalue weighted by molar-refractivity contribution is -0.141. The summed E-state index contributed by atoms with van der Waals surface area (Å²) in [4.78, 5) is 47.2. The van der Waals surface area contributed by atoms with E-state index in [4.69, 9.17) is 19.7 Å². The second-order valence-electron chi connectivity index (χ2n) is 22.8. The van der Waals surface area contributed by atoms with Crippen molar-refractivity contribution in [2.75, 3.05) is 54.9 Å². The van der Waals surface area contributed by atoms with Crippen LogP contribution in [0.2, 0.25) is 0 Å². The topological polar surface area (TPSA) is 222 Å². The zero-order chi connectivity index (χ0) is 54.2. The number of carbonyl (C=O) groups excluding carboxylic acids is 2. The lowest BCUT2D eigenvalue weighted by atomic mass is 9.80. The molecule has 6 aromatic rings. The molecule has 78 heavy (non-hydrogen) atoms. The Balaban J connectivity index is 0.610. The minimum absolute atomic E-state index is 0.0623. The number of aryl methyl sites for hydroxylation is 1. The molecule has 5 N–H and O–H groups in total. The number of fused-ring (bicyclic) bond motifs is 2. The number of pyridine rings is 1. The van der Waals surface area contributed by atoms with Crippen molar-refractivity contribution in [3.63, 3.8) is 0 Å². The van der Waals surface area contributed by atoms with Gasteiger partial charge in [-0.15, -0.1) is 21.5 Å². The maximum Gasteiger partial charge on any atom is 0.254 e. The van der Waals surface area contributed by atoms with E-state index in [1.54, 1.807) is 29.5 Å². The number of ether oxygens (including phenoxy) is 2. The summed E-state index contributed by atoms with van der Waals surface area (Å²) in [5.41, 5.74) is 14.5. The monoisotopic (exact) mass is 1080 g/mol. The summed E-state index contributed by atoms with van der Waals surface area (Å²) in [7, 11) is 0. The van der Waals surface area contributed by atoms with Gasteiger partial charge in [0.25, 0.3) is 5.88 Å². The summed E-state index contributed by atoms with van der Waals surface area (Å²) in [5, 5.41) is 37.1. The first-order valence-corrected chi connectivity index (χ1v) is 28.8. The molecule has 1 saturated carbocycles. The highest BCUT2D eigenvalue weighted by Crippen LogP contribution is 2.41. The largest absolute Gasteiger partial charge is 0.507 e. The normalized spacial score (nSPS) is 25.0. The average molecular weight is 1080 g/mol. The minimum Gasteiger partial charge on any atom is -0.507 e. The Bertz CT molecular complexity index is 3040. The molecule has 5 fully saturated rings. The third-order valence-electron chi connectivity index (χ3n) is 17.1. The number of amides is 2. The SMILES string of the molecule is Cc1ncsc1-c1ccc([C@H](C)NC(=O)[C@@H]2C[C@@H](O)CN2C(=O)[C@@H](c2cc(OCC[C@@H]3CCN(CC4CC(Oc5cc(N6C7CCC6CN(c6cc(-c8ccccc8O)nnc6N)C7)ccn5)C4)[C@H](C)C3)no2)C(C)C)cc1. The molecule has 2 aromatic carbocycles. The number of hydrogen-bond acceptors (Lipinski definition) is 17. The fourth-order valence-corrected chi connectivity index (χ4v) is 13.6. The first-order valence-electron chi connectivity index (χ1n) is 27.9. The number of nitrogens with two attached hydrogens (primary N) is 1. The average Bonchev–Trinajstić information content (AvgIpc) is 4.34. The van der Waals surface area contributed by atoms with Crippen LogP contribution >= 0.6 is 11.3 Å². The predicted octanol–water partition coefficient (Wildman–Crippen LogP) is 8.41. The molecule has 4 saturated heterocycles. The Labute approximate surface area is 460 Å². The van der Waals surface area contributed by atoms with Crippen LogP contribution in [0, 0.1) is 24.7 Å². The quantitative estimate of drug-likeness (QED) is 0.0634. The Morgan fingerprint density at radius 3 is 2.42 bits per heavy atom. The van der Waals surface area contributed by atoms with E-state index in [9.17, 15) is 19.8 Å². The molecular weight excluding hydrogens is 1010 g/mol. The van der Waals surface area contributed by atoms with Crippen molar-refractivity contribution in [2.45, 2.75) is 134 Å². The number of phenolic OH excluding ortho intramolecular Hbond substituents is 1. The summed E-state index contributed by atoms with van der Waals surface area (Å²) in [6.07, 6.45) is 8.65. The number of aliphatic hydroxyl groups is 1. The van der Waals surface area contributed by atoms with Gasteiger partial charge in [0.15, 0.2) is 11.6 Å². The number of nitrogens with one attached hydrogen (secondary N) is 1. The maximum absolute atomic E-state index is 14.3. The van der Waals surface area contributed by atoms with Crippen LogP contribution in [-0.2, 0) is 9.59 Å². The number of β-amino-alcohol motifs (C(OH)–C–C–N with tert-alkyl or cyclic N) is 1. The number of likely N-dealkylation sites (tertiary alicyclic amines) is 2. The number of nitrogens with zero attached hydrogens (tertiary/aromatic N) is 9. The van der Waals surface area contributed by atoms with Crippen LogP contribution in [0.15, 0.2) is 89.0 Å². The van der Waals surface area contributed by atoms with Crippen molar-refractivity contribution in [2.24, 2.45) is 17.8 Å². The molecule has 5 aliphatic rings. The van der Waals surface area contributed by atoms with Crippen molar-refractivity contribution in [1.82, 2.24) is 40.4 Å². The van der Waals surface area contributed by atoms with Crippen LogP contribution in [0.4, 0.5) is 17.2 Å². The van der Waals surface area contributed by atoms with E-state index in [-0.39, 0.29) is 48.6 Å². The number of aromatic hydroxyl groups is 1. The lowest BCUT2D eigenvalue weighted by Crippen LogP contribution is -2.54. The number of hydrogen-bond donors (Lipinski definition) is 4. The van der Waals surface area contributed by atoms with Crippen molar-refractivity contribution in [3.05, 3.63) is 102 Å². The lowest BCUT2D eigenvalue weighted by Gasteiger charge is -2.44. The molecule has 2 amide bonds. The van der Waals surface area contributed by atoms with E-state index in [1.165, 1.54) is 4.90 Å². The van der Waals surface area contributed by atoms with Gasteiger partial charge in [-0.25, -0.2) is 9.97 Å². The van der Waals surface area contributed by atoms with E-state index in [0.29, 0.717) is 71.2 Å². The standard InChI is InChI=1S/C59H73N11O7S/c1-34(2)55(59(74)69-32-45(71)26-50(69)58(73)63-36(4)40-10-12-41(13-11-40)56-37(5)62-33-78-56)52-28-54(66-77-52)75-21-18-38-17-20-67(35(3)22-38)29-39-23-46(24-39)76-53-25-42(16-19-61-53)70-43-14-15-44(70)31-68(30-43)49-27-48(64-65-57(49)60)47-8-6-7-9-51(47)72/h6-13,16,19,25,27-28,33-36,38-39,43-46,50,55,71-72H,14-15,17-18,20-24,26,29-32H2,1-5H3,(H2,60,65)(H,63,73)/t35-,36+,38+,39?,43?,44?,45-,46?,50+,55-/m1/s1. The first-order chi connectivity index (χ1) is 37.7. The molecular formula is C59H73N11O7S. The van der Waals surface area contributed by atoms with E-state index in [1.807, 2.05) is 81.9 Å². The second kappa shape index (κ2) is 22.9. The highest BCUT2D eigenvalue weighted by Gasteiger charge is 2.45. The predicted molar refractivity (Wildman–Crippen MR) is 299 cm³/mol. The van der Waals surface area contributed by atoms with Crippen LogP contribution in [-0.4, -0.2) is 133 Å². The third-order valence-corrected chi connectivity index (χ3v) is 18.1. The van der Waals surface area contributed by atoms with Gasteiger partial charge >= 0.3 is 0 Å². The number of piperazine rings is 1. The number of rotatable bonds is 18. The number of piperidine rings is 1. The van der Waals surface area contributed by atoms with Crippen molar-refractivity contribution < 1.29 is 33.8 Å². The van der Waals surface area contributed by atoms with Gasteiger partial charge in [-0.05, 0) is 131 Å². The highest BCUT2D eigenvalue weighted by atomic mass is 32.1. The van der Waals surface area contributed by atoms with E-state index < -0.39 is 18.1 Å². The molecule has 8 atom stereocenters. The second-order valence-corrected chi connectivity index (χ2v) is 23.7.